The number of hydrogen-bond acceptors (Lipinski definition) is 2. The summed E-state index contributed by atoms with van der Waals surface area (Å²) in [6.07, 6.45) is 6.07. The van der Waals surface area contributed by atoms with Gasteiger partial charge in [-0.2, -0.15) is 0 Å². The van der Waals surface area contributed by atoms with Crippen LogP contribution in [0, 0.1) is 5.92 Å². The summed E-state index contributed by atoms with van der Waals surface area (Å²) in [5.74, 6) is 1.70. The van der Waals surface area contributed by atoms with Crippen LogP contribution < -0.4 is 10.1 Å². The summed E-state index contributed by atoms with van der Waals surface area (Å²) >= 11 is 0. The Kier molecular flexibility index (Phi) is 8.05. The number of methoxy groups -OCH3 is 1. The van der Waals surface area contributed by atoms with Crippen molar-refractivity contribution < 1.29 is 4.74 Å². The number of ether oxygens (including phenoxy) is 1. The molecule has 0 bridgehead atoms. The molecule has 112 valence electrons. The third-order valence-electron chi connectivity index (χ3n) is 3.51. The van der Waals surface area contributed by atoms with E-state index in [1.165, 1.54) is 30.4 Å². The van der Waals surface area contributed by atoms with E-state index in [0.29, 0.717) is 0 Å². The van der Waals surface area contributed by atoms with Crippen molar-refractivity contribution in [2.45, 2.75) is 46.6 Å². The summed E-state index contributed by atoms with van der Waals surface area (Å²) in [4.78, 5) is 0. The van der Waals surface area contributed by atoms with Gasteiger partial charge in [0, 0.05) is 6.54 Å². The highest BCUT2D eigenvalue weighted by Gasteiger charge is 2.01. The first kappa shape index (κ1) is 16.8. The summed E-state index contributed by atoms with van der Waals surface area (Å²) in [7, 11) is 1.70. The van der Waals surface area contributed by atoms with Crippen LogP contribution in [0.15, 0.2) is 35.9 Å². The highest BCUT2D eigenvalue weighted by Crippen LogP contribution is 2.12. The van der Waals surface area contributed by atoms with Gasteiger partial charge < -0.3 is 10.1 Å². The van der Waals surface area contributed by atoms with Crippen LogP contribution in [-0.4, -0.2) is 13.7 Å². The van der Waals surface area contributed by atoms with Crippen LogP contribution in [0.25, 0.3) is 0 Å². The molecule has 0 amide bonds. The zero-order valence-corrected chi connectivity index (χ0v) is 13.4. The number of benzene rings is 1. The first-order valence-electron chi connectivity index (χ1n) is 7.59. The van der Waals surface area contributed by atoms with E-state index in [-0.39, 0.29) is 0 Å². The molecule has 0 saturated carbocycles. The molecule has 1 aromatic rings. The second kappa shape index (κ2) is 9.60. The van der Waals surface area contributed by atoms with Crippen molar-refractivity contribution in [3.8, 4) is 5.75 Å². The van der Waals surface area contributed by atoms with E-state index in [1.54, 1.807) is 7.11 Å². The van der Waals surface area contributed by atoms with E-state index in [1.807, 2.05) is 12.1 Å². The van der Waals surface area contributed by atoms with Gasteiger partial charge in [-0.3, -0.25) is 0 Å². The molecule has 1 unspecified atom stereocenters. The van der Waals surface area contributed by atoms with Crippen LogP contribution in [0.1, 0.15) is 45.6 Å². The van der Waals surface area contributed by atoms with Crippen molar-refractivity contribution in [1.82, 2.24) is 5.32 Å². The fraction of sp³-hybridized carbons (Fsp3) is 0.556. The zero-order chi connectivity index (χ0) is 14.8. The van der Waals surface area contributed by atoms with Crippen molar-refractivity contribution in [3.63, 3.8) is 0 Å². The van der Waals surface area contributed by atoms with Gasteiger partial charge in [-0.25, -0.2) is 0 Å². The summed E-state index contributed by atoms with van der Waals surface area (Å²) in [5.41, 5.74) is 2.73. The first-order chi connectivity index (χ1) is 9.61. The molecule has 0 heterocycles. The molecular formula is C18H29NO. The van der Waals surface area contributed by atoms with Crippen LogP contribution >= 0.6 is 0 Å². The minimum absolute atomic E-state index is 0.786. The highest BCUT2D eigenvalue weighted by molar-refractivity contribution is 5.26. The van der Waals surface area contributed by atoms with Crippen molar-refractivity contribution in [3.05, 3.63) is 41.5 Å². The summed E-state index contributed by atoms with van der Waals surface area (Å²) in [5, 5.41) is 3.51. The lowest BCUT2D eigenvalue weighted by Gasteiger charge is -2.11. The van der Waals surface area contributed by atoms with Crippen molar-refractivity contribution in [2.75, 3.05) is 13.7 Å². The molecule has 0 aromatic heterocycles. The zero-order valence-electron chi connectivity index (χ0n) is 13.4. The molecule has 0 aliphatic rings. The van der Waals surface area contributed by atoms with Crippen LogP contribution in [0.5, 0.6) is 5.75 Å². The van der Waals surface area contributed by atoms with E-state index in [0.717, 1.165) is 24.8 Å². The smallest absolute Gasteiger partial charge is 0.118 e. The average molecular weight is 275 g/mol. The molecule has 1 N–H and O–H groups in total. The van der Waals surface area contributed by atoms with Crippen LogP contribution in [0.4, 0.5) is 0 Å². The van der Waals surface area contributed by atoms with Gasteiger partial charge in [-0.15, -0.1) is 0 Å². The van der Waals surface area contributed by atoms with Gasteiger partial charge in [0.25, 0.3) is 0 Å². The van der Waals surface area contributed by atoms with Crippen molar-refractivity contribution >= 4 is 0 Å². The summed E-state index contributed by atoms with van der Waals surface area (Å²) in [6, 6.07) is 8.26. The van der Waals surface area contributed by atoms with Gasteiger partial charge in [-0.1, -0.05) is 30.7 Å². The third-order valence-corrected chi connectivity index (χ3v) is 3.51. The van der Waals surface area contributed by atoms with Crippen LogP contribution in [0.2, 0.25) is 0 Å². The fourth-order valence-corrected chi connectivity index (χ4v) is 2.13. The Balaban J connectivity index is 2.12. The predicted octanol–water partition coefficient (Wildman–Crippen LogP) is 4.56. The summed E-state index contributed by atoms with van der Waals surface area (Å²) in [6.45, 7) is 8.70. The van der Waals surface area contributed by atoms with E-state index in [9.17, 15) is 0 Å². The maximum atomic E-state index is 5.16. The Morgan fingerprint density at radius 3 is 2.50 bits per heavy atom. The lowest BCUT2D eigenvalue weighted by molar-refractivity contribution is 0.414. The van der Waals surface area contributed by atoms with Gasteiger partial charge in [0.2, 0.25) is 0 Å². The second-order valence-electron chi connectivity index (χ2n) is 5.78. The Hall–Kier alpha value is -1.28. The second-order valence-corrected chi connectivity index (χ2v) is 5.78. The van der Waals surface area contributed by atoms with E-state index in [2.05, 4.69) is 44.3 Å². The van der Waals surface area contributed by atoms with E-state index < -0.39 is 0 Å². The number of hydrogen-bond donors (Lipinski definition) is 1. The van der Waals surface area contributed by atoms with E-state index in [4.69, 9.17) is 4.74 Å². The Labute approximate surface area is 124 Å². The van der Waals surface area contributed by atoms with Crippen LogP contribution in [-0.2, 0) is 6.54 Å². The molecule has 0 aliphatic heterocycles. The molecule has 20 heavy (non-hydrogen) atoms. The minimum atomic E-state index is 0.786. The fourth-order valence-electron chi connectivity index (χ4n) is 2.13. The summed E-state index contributed by atoms with van der Waals surface area (Å²) < 4.78 is 5.16. The predicted molar refractivity (Wildman–Crippen MR) is 87.1 cm³/mol. The molecule has 0 spiro atoms. The highest BCUT2D eigenvalue weighted by atomic mass is 16.5. The molecule has 2 nitrogen and oxygen atoms in total. The van der Waals surface area contributed by atoms with Gasteiger partial charge in [0.1, 0.15) is 5.75 Å². The number of nitrogens with one attached hydrogen (secondary N) is 1. The van der Waals surface area contributed by atoms with Gasteiger partial charge in [0.15, 0.2) is 0 Å². The number of rotatable bonds is 9. The van der Waals surface area contributed by atoms with Crippen molar-refractivity contribution in [2.24, 2.45) is 5.92 Å². The van der Waals surface area contributed by atoms with Gasteiger partial charge >= 0.3 is 0 Å². The molecule has 2 heteroatoms. The lowest BCUT2D eigenvalue weighted by Crippen LogP contribution is -2.16. The topological polar surface area (TPSA) is 21.3 Å². The standard InChI is InChI=1S/C18H29NO/c1-15(2)6-5-7-16(3)12-13-19-14-17-8-10-18(20-4)11-9-17/h6,8-11,16,19H,5,7,12-14H2,1-4H3. The number of allylic oxidation sites excluding steroid dienone is 2. The Bertz CT molecular complexity index is 390. The third kappa shape index (κ3) is 7.34. The Morgan fingerprint density at radius 1 is 1.20 bits per heavy atom. The Morgan fingerprint density at radius 2 is 1.90 bits per heavy atom. The quantitative estimate of drug-likeness (QED) is 0.527. The van der Waals surface area contributed by atoms with E-state index >= 15 is 0 Å². The molecule has 0 fully saturated rings. The monoisotopic (exact) mass is 275 g/mol. The van der Waals surface area contributed by atoms with Crippen molar-refractivity contribution in [1.29, 1.82) is 0 Å². The maximum absolute atomic E-state index is 5.16. The molecule has 0 aliphatic carbocycles. The SMILES string of the molecule is COc1ccc(CNCCC(C)CCC=C(C)C)cc1. The molecule has 1 atom stereocenters. The maximum Gasteiger partial charge on any atom is 0.118 e. The van der Waals surface area contributed by atoms with Gasteiger partial charge in [-0.05, 0) is 63.3 Å². The molecular weight excluding hydrogens is 246 g/mol. The first-order valence-corrected chi connectivity index (χ1v) is 7.59. The molecule has 1 rings (SSSR count). The molecule has 0 radical (unpaired) electrons. The minimum Gasteiger partial charge on any atom is -0.497 e. The largest absolute Gasteiger partial charge is 0.497 e. The van der Waals surface area contributed by atoms with Gasteiger partial charge in [0.05, 0.1) is 7.11 Å². The normalized spacial score (nSPS) is 12.0. The molecule has 0 saturated heterocycles. The molecule has 1 aromatic carbocycles. The lowest BCUT2D eigenvalue weighted by atomic mass is 10.0. The average Bonchev–Trinajstić information content (AvgIpc) is 2.44. The van der Waals surface area contributed by atoms with Crippen LogP contribution in [0.3, 0.4) is 0 Å².